The van der Waals surface area contributed by atoms with E-state index in [4.69, 9.17) is 0 Å². The number of nitro benzene ring substituents is 1. The molecule has 0 aliphatic carbocycles. The van der Waals surface area contributed by atoms with Gasteiger partial charge in [-0.3, -0.25) is 19.0 Å². The van der Waals surface area contributed by atoms with E-state index in [2.05, 4.69) is 8.91 Å². The average Bonchev–Trinajstić information content (AvgIpc) is 2.71. The van der Waals surface area contributed by atoms with Crippen LogP contribution in [0.25, 0.3) is 0 Å². The van der Waals surface area contributed by atoms with E-state index in [0.717, 1.165) is 19.2 Å². The molecule has 0 amide bonds. The Bertz CT molecular complexity index is 1190. The van der Waals surface area contributed by atoms with E-state index in [-0.39, 0.29) is 11.9 Å². The number of nitro groups is 1. The maximum atomic E-state index is 14.4. The molecule has 2 rings (SSSR count). The predicted octanol–water partition coefficient (Wildman–Crippen LogP) is 2.56. The second-order valence-corrected chi connectivity index (χ2v) is 10.2. The highest BCUT2D eigenvalue weighted by Gasteiger charge is 2.34. The molecule has 16 heteroatoms. The van der Waals surface area contributed by atoms with E-state index in [1.165, 1.54) is 0 Å². The molecule has 0 unspecified atom stereocenters. The van der Waals surface area contributed by atoms with E-state index in [1.807, 2.05) is 0 Å². The highest BCUT2D eigenvalue weighted by Crippen LogP contribution is 2.35. The first-order valence-corrected chi connectivity index (χ1v) is 11.7. The smallest absolute Gasteiger partial charge is 0.269 e. The third-order valence-electron chi connectivity index (χ3n) is 3.69. The summed E-state index contributed by atoms with van der Waals surface area (Å²) in [6.45, 7) is -0.425. The SMILES string of the molecule is COS(=O)(=O)CCNSc1c(F)c(F)c(S(=O)(=O)c2ccc([N+](=O)[O-])cc2)c(F)c1F. The van der Waals surface area contributed by atoms with E-state index in [1.54, 1.807) is 0 Å². The molecule has 0 saturated heterocycles. The van der Waals surface area contributed by atoms with Crippen LogP contribution in [0.2, 0.25) is 0 Å². The fourth-order valence-electron chi connectivity index (χ4n) is 2.16. The van der Waals surface area contributed by atoms with Gasteiger partial charge in [-0.25, -0.2) is 26.0 Å². The van der Waals surface area contributed by atoms with Crippen LogP contribution in [-0.4, -0.2) is 41.2 Å². The molecule has 31 heavy (non-hydrogen) atoms. The summed E-state index contributed by atoms with van der Waals surface area (Å²) in [5.74, 6) is -9.13. The average molecular weight is 504 g/mol. The fourth-order valence-corrected chi connectivity index (χ4v) is 4.89. The molecule has 0 saturated carbocycles. The van der Waals surface area contributed by atoms with Gasteiger partial charge in [0.05, 0.1) is 22.7 Å². The van der Waals surface area contributed by atoms with E-state index < -0.39 is 80.8 Å². The molecule has 0 spiro atoms. The maximum Gasteiger partial charge on any atom is 0.269 e. The van der Waals surface area contributed by atoms with Gasteiger partial charge >= 0.3 is 0 Å². The zero-order valence-electron chi connectivity index (χ0n) is 15.3. The fraction of sp³-hybridized carbons (Fsp3) is 0.200. The van der Waals surface area contributed by atoms with Crippen LogP contribution < -0.4 is 4.72 Å². The number of benzene rings is 2. The van der Waals surface area contributed by atoms with Crippen LogP contribution >= 0.6 is 11.9 Å². The molecular weight excluding hydrogens is 492 g/mol. The Morgan fingerprint density at radius 3 is 1.97 bits per heavy atom. The monoisotopic (exact) mass is 504 g/mol. The molecule has 0 aliphatic heterocycles. The summed E-state index contributed by atoms with van der Waals surface area (Å²) in [4.78, 5) is 5.76. The van der Waals surface area contributed by atoms with Gasteiger partial charge in [-0.05, 0) is 24.1 Å². The molecule has 9 nitrogen and oxygen atoms in total. The Labute approximate surface area is 177 Å². The van der Waals surface area contributed by atoms with E-state index >= 15 is 0 Å². The van der Waals surface area contributed by atoms with Crippen LogP contribution in [-0.2, 0) is 24.1 Å². The zero-order valence-corrected chi connectivity index (χ0v) is 17.7. The molecule has 0 radical (unpaired) electrons. The molecule has 2 aromatic carbocycles. The number of sulfone groups is 1. The van der Waals surface area contributed by atoms with Crippen molar-refractivity contribution < 1.29 is 43.5 Å². The van der Waals surface area contributed by atoms with Crippen molar-refractivity contribution in [3.05, 3.63) is 57.6 Å². The van der Waals surface area contributed by atoms with Crippen molar-refractivity contribution >= 4 is 37.6 Å². The number of hydrogen-bond donors (Lipinski definition) is 1. The first-order chi connectivity index (χ1) is 14.3. The van der Waals surface area contributed by atoms with Crippen LogP contribution in [0.4, 0.5) is 23.2 Å². The normalized spacial score (nSPS) is 12.2. The molecule has 0 aromatic heterocycles. The molecule has 170 valence electrons. The number of nitrogens with one attached hydrogen (secondary N) is 1. The van der Waals surface area contributed by atoms with Gasteiger partial charge in [0.1, 0.15) is 9.79 Å². The minimum atomic E-state index is -5.13. The lowest BCUT2D eigenvalue weighted by atomic mass is 10.3. The van der Waals surface area contributed by atoms with Gasteiger partial charge in [-0.2, -0.15) is 8.42 Å². The van der Waals surface area contributed by atoms with Gasteiger partial charge in [-0.15, -0.1) is 0 Å². The predicted molar refractivity (Wildman–Crippen MR) is 99.5 cm³/mol. The number of nitrogens with zero attached hydrogens (tertiary/aromatic N) is 1. The summed E-state index contributed by atoms with van der Waals surface area (Å²) in [7, 11) is -8.15. The lowest BCUT2D eigenvalue weighted by Gasteiger charge is -2.12. The summed E-state index contributed by atoms with van der Waals surface area (Å²) < 4.78 is 111. The maximum absolute atomic E-state index is 14.4. The van der Waals surface area contributed by atoms with Crippen molar-refractivity contribution in [3.63, 3.8) is 0 Å². The molecule has 0 bridgehead atoms. The van der Waals surface area contributed by atoms with Gasteiger partial charge in [0.2, 0.25) is 9.84 Å². The van der Waals surface area contributed by atoms with Gasteiger partial charge < -0.3 is 0 Å². The quantitative estimate of drug-likeness (QED) is 0.104. The van der Waals surface area contributed by atoms with Crippen molar-refractivity contribution in [3.8, 4) is 0 Å². The van der Waals surface area contributed by atoms with Crippen molar-refractivity contribution in [2.24, 2.45) is 0 Å². The lowest BCUT2D eigenvalue weighted by molar-refractivity contribution is -0.384. The third kappa shape index (κ3) is 5.32. The standard InChI is InChI=1S/C15H12F4N2O7S3/c1-28-30(24,25)7-6-20-29-14-10(16)12(18)15(13(19)11(14)17)31(26,27)9-4-2-8(3-5-9)21(22)23/h2-5,20H,6-7H2,1H3. The number of halogens is 4. The Morgan fingerprint density at radius 1 is 1.00 bits per heavy atom. The second kappa shape index (κ2) is 9.47. The summed E-state index contributed by atoms with van der Waals surface area (Å²) in [5.41, 5.74) is -0.523. The highest BCUT2D eigenvalue weighted by molar-refractivity contribution is 7.97. The number of rotatable bonds is 9. The minimum Gasteiger partial charge on any atom is -0.273 e. The first kappa shape index (κ1) is 25.0. The van der Waals surface area contributed by atoms with E-state index in [0.29, 0.717) is 12.1 Å². The van der Waals surface area contributed by atoms with Gasteiger partial charge in [-0.1, -0.05) is 0 Å². The second-order valence-electron chi connectivity index (χ2n) is 5.59. The van der Waals surface area contributed by atoms with Crippen molar-refractivity contribution in [2.75, 3.05) is 19.4 Å². The molecule has 1 N–H and O–H groups in total. The Kier molecular flexibility index (Phi) is 7.64. The Balaban J connectivity index is 2.41. The topological polar surface area (TPSA) is 133 Å². The molecule has 0 fully saturated rings. The van der Waals surface area contributed by atoms with Crippen LogP contribution in [0.15, 0.2) is 39.0 Å². The highest BCUT2D eigenvalue weighted by atomic mass is 32.2. The van der Waals surface area contributed by atoms with Crippen molar-refractivity contribution in [2.45, 2.75) is 14.7 Å². The minimum absolute atomic E-state index is 0.00369. The van der Waals surface area contributed by atoms with Crippen LogP contribution in [0.5, 0.6) is 0 Å². The Morgan fingerprint density at radius 2 is 1.52 bits per heavy atom. The molecule has 2 aromatic rings. The van der Waals surface area contributed by atoms with Crippen LogP contribution in [0, 0.1) is 33.4 Å². The van der Waals surface area contributed by atoms with Crippen molar-refractivity contribution in [1.29, 1.82) is 0 Å². The first-order valence-electron chi connectivity index (χ1n) is 7.87. The summed E-state index contributed by atoms with van der Waals surface area (Å²) in [6.07, 6.45) is 0. The summed E-state index contributed by atoms with van der Waals surface area (Å²) in [6, 6.07) is 2.78. The molecule has 0 atom stereocenters. The van der Waals surface area contributed by atoms with Crippen molar-refractivity contribution in [1.82, 2.24) is 4.72 Å². The van der Waals surface area contributed by atoms with E-state index in [9.17, 15) is 44.5 Å². The molecule has 0 aliphatic rings. The lowest BCUT2D eigenvalue weighted by Crippen LogP contribution is -2.19. The van der Waals surface area contributed by atoms with Gasteiger partial charge in [0.25, 0.3) is 15.8 Å². The van der Waals surface area contributed by atoms with Crippen LogP contribution in [0.3, 0.4) is 0 Å². The van der Waals surface area contributed by atoms with Gasteiger partial charge in [0.15, 0.2) is 23.3 Å². The Hall–Kier alpha value is -2.27. The zero-order chi connectivity index (χ0) is 23.6. The van der Waals surface area contributed by atoms with Gasteiger partial charge in [0, 0.05) is 18.7 Å². The molecule has 0 heterocycles. The summed E-state index contributed by atoms with van der Waals surface area (Å²) >= 11 is 0.00369. The van der Waals surface area contributed by atoms with Crippen LogP contribution in [0.1, 0.15) is 0 Å². The number of hydrogen-bond acceptors (Lipinski definition) is 9. The molecular formula is C15H12F4N2O7S3. The summed E-state index contributed by atoms with van der Waals surface area (Å²) in [5, 5.41) is 10.6. The largest absolute Gasteiger partial charge is 0.273 e. The number of non-ortho nitro benzene ring substituents is 1. The third-order valence-corrected chi connectivity index (χ3v) is 7.60.